The SMILES string of the molecule is CC(=O)Nc1ccc(-c2nc3ccc(C)cc3[nH]2)cc1[N+](=O)[O-]. The number of fused-ring (bicyclic) bond motifs is 1. The molecule has 116 valence electrons. The van der Waals surface area contributed by atoms with Crippen molar-refractivity contribution in [3.05, 3.63) is 52.1 Å². The normalized spacial score (nSPS) is 10.7. The molecule has 7 nitrogen and oxygen atoms in total. The molecule has 0 unspecified atom stereocenters. The fourth-order valence-electron chi connectivity index (χ4n) is 2.39. The number of carbonyl (C=O) groups is 1. The number of nitrogens with one attached hydrogen (secondary N) is 2. The lowest BCUT2D eigenvalue weighted by Gasteiger charge is -2.05. The molecular weight excluding hydrogens is 296 g/mol. The minimum absolute atomic E-state index is 0.165. The van der Waals surface area contributed by atoms with Crippen LogP contribution in [0, 0.1) is 17.0 Å². The number of nitrogens with zero attached hydrogens (tertiary/aromatic N) is 2. The highest BCUT2D eigenvalue weighted by molar-refractivity contribution is 5.92. The van der Waals surface area contributed by atoms with Crippen molar-refractivity contribution in [3.8, 4) is 11.4 Å². The van der Waals surface area contributed by atoms with Gasteiger partial charge in [0.25, 0.3) is 5.69 Å². The van der Waals surface area contributed by atoms with Gasteiger partial charge in [-0.15, -0.1) is 0 Å². The van der Waals surface area contributed by atoms with E-state index in [-0.39, 0.29) is 17.3 Å². The number of nitro benzene ring substituents is 1. The van der Waals surface area contributed by atoms with Crippen LogP contribution in [-0.2, 0) is 4.79 Å². The summed E-state index contributed by atoms with van der Waals surface area (Å²) >= 11 is 0. The van der Waals surface area contributed by atoms with Crippen LogP contribution >= 0.6 is 0 Å². The first kappa shape index (κ1) is 14.7. The van der Waals surface area contributed by atoms with Gasteiger partial charge < -0.3 is 10.3 Å². The molecule has 1 amide bonds. The number of hydrogen-bond acceptors (Lipinski definition) is 4. The molecule has 0 spiro atoms. The van der Waals surface area contributed by atoms with Crippen LogP contribution in [0.2, 0.25) is 0 Å². The second kappa shape index (κ2) is 5.53. The van der Waals surface area contributed by atoms with Crippen LogP contribution in [0.3, 0.4) is 0 Å². The summed E-state index contributed by atoms with van der Waals surface area (Å²) in [5.74, 6) is 0.183. The lowest BCUT2D eigenvalue weighted by Crippen LogP contribution is -2.08. The molecule has 0 bridgehead atoms. The van der Waals surface area contributed by atoms with E-state index in [9.17, 15) is 14.9 Å². The summed E-state index contributed by atoms with van der Waals surface area (Å²) in [6, 6.07) is 10.4. The Morgan fingerprint density at radius 1 is 1.26 bits per heavy atom. The van der Waals surface area contributed by atoms with E-state index in [0.717, 1.165) is 16.6 Å². The van der Waals surface area contributed by atoms with E-state index in [2.05, 4.69) is 15.3 Å². The van der Waals surface area contributed by atoms with Gasteiger partial charge >= 0.3 is 0 Å². The number of amides is 1. The van der Waals surface area contributed by atoms with Gasteiger partial charge in [0.2, 0.25) is 5.91 Å². The molecule has 0 saturated carbocycles. The van der Waals surface area contributed by atoms with Gasteiger partial charge in [0, 0.05) is 18.6 Å². The summed E-state index contributed by atoms with van der Waals surface area (Å²) in [4.78, 5) is 29.4. The molecule has 0 fully saturated rings. The maximum absolute atomic E-state index is 11.2. The first-order valence-electron chi connectivity index (χ1n) is 6.97. The molecule has 3 aromatic rings. The molecule has 7 heteroatoms. The largest absolute Gasteiger partial charge is 0.338 e. The molecule has 2 aromatic carbocycles. The van der Waals surface area contributed by atoms with Gasteiger partial charge in [0.15, 0.2) is 0 Å². The topological polar surface area (TPSA) is 101 Å². The number of aromatic amines is 1. The molecule has 0 atom stereocenters. The molecule has 23 heavy (non-hydrogen) atoms. The Bertz CT molecular complexity index is 930. The summed E-state index contributed by atoms with van der Waals surface area (Å²) < 4.78 is 0. The van der Waals surface area contributed by atoms with E-state index in [1.807, 2.05) is 25.1 Å². The summed E-state index contributed by atoms with van der Waals surface area (Å²) in [6.45, 7) is 3.28. The van der Waals surface area contributed by atoms with E-state index < -0.39 is 4.92 Å². The predicted octanol–water partition coefficient (Wildman–Crippen LogP) is 3.40. The molecule has 2 N–H and O–H groups in total. The molecule has 1 aromatic heterocycles. The Morgan fingerprint density at radius 3 is 2.74 bits per heavy atom. The van der Waals surface area contributed by atoms with Gasteiger partial charge in [-0.3, -0.25) is 14.9 Å². The van der Waals surface area contributed by atoms with E-state index in [1.54, 1.807) is 6.07 Å². The maximum Gasteiger partial charge on any atom is 0.293 e. The van der Waals surface area contributed by atoms with Crippen molar-refractivity contribution < 1.29 is 9.72 Å². The molecule has 1 heterocycles. The molecule has 0 radical (unpaired) electrons. The highest BCUT2D eigenvalue weighted by Gasteiger charge is 2.17. The Morgan fingerprint density at radius 2 is 2.04 bits per heavy atom. The molecular formula is C16H14N4O3. The number of benzene rings is 2. The quantitative estimate of drug-likeness (QED) is 0.571. The Labute approximate surface area is 131 Å². The number of H-pyrrole nitrogens is 1. The van der Waals surface area contributed by atoms with E-state index >= 15 is 0 Å². The van der Waals surface area contributed by atoms with E-state index in [0.29, 0.717) is 11.4 Å². The summed E-state index contributed by atoms with van der Waals surface area (Å²) in [7, 11) is 0. The van der Waals surface area contributed by atoms with Gasteiger partial charge in [0.05, 0.1) is 16.0 Å². The van der Waals surface area contributed by atoms with Crippen molar-refractivity contribution in [3.63, 3.8) is 0 Å². The summed E-state index contributed by atoms with van der Waals surface area (Å²) in [5.41, 5.74) is 3.33. The zero-order valence-electron chi connectivity index (χ0n) is 12.6. The van der Waals surface area contributed by atoms with Crippen LogP contribution in [-0.4, -0.2) is 20.8 Å². The van der Waals surface area contributed by atoms with Crippen LogP contribution in [0.25, 0.3) is 22.4 Å². The second-order valence-electron chi connectivity index (χ2n) is 5.28. The van der Waals surface area contributed by atoms with Gasteiger partial charge in [-0.1, -0.05) is 6.07 Å². The smallest absolute Gasteiger partial charge is 0.293 e. The fourth-order valence-corrected chi connectivity index (χ4v) is 2.39. The number of nitro groups is 1. The predicted molar refractivity (Wildman–Crippen MR) is 87.2 cm³/mol. The zero-order chi connectivity index (χ0) is 16.6. The number of carbonyl (C=O) groups excluding carboxylic acids is 1. The van der Waals surface area contributed by atoms with Gasteiger partial charge in [-0.25, -0.2) is 4.98 Å². The number of anilines is 1. The lowest BCUT2D eigenvalue weighted by molar-refractivity contribution is -0.383. The molecule has 0 aliphatic carbocycles. The lowest BCUT2D eigenvalue weighted by atomic mass is 10.1. The monoisotopic (exact) mass is 310 g/mol. The minimum atomic E-state index is -0.526. The zero-order valence-corrected chi connectivity index (χ0v) is 12.6. The summed E-state index contributed by atoms with van der Waals surface area (Å²) in [6.07, 6.45) is 0. The number of rotatable bonds is 3. The van der Waals surface area contributed by atoms with Crippen molar-refractivity contribution in [2.45, 2.75) is 13.8 Å². The average Bonchev–Trinajstić information content (AvgIpc) is 2.89. The number of imidazole rings is 1. The van der Waals surface area contributed by atoms with Crippen molar-refractivity contribution >= 4 is 28.3 Å². The Balaban J connectivity index is 2.09. The maximum atomic E-state index is 11.2. The van der Waals surface area contributed by atoms with E-state index in [4.69, 9.17) is 0 Å². The standard InChI is InChI=1S/C16H14N4O3/c1-9-3-5-12-14(7-9)19-16(18-12)11-4-6-13(17-10(2)21)15(8-11)20(22)23/h3-8H,1-2H3,(H,17,21)(H,18,19). The van der Waals surface area contributed by atoms with Gasteiger partial charge in [0.1, 0.15) is 11.5 Å². The van der Waals surface area contributed by atoms with Crippen LogP contribution < -0.4 is 5.32 Å². The number of hydrogen-bond donors (Lipinski definition) is 2. The first-order valence-corrected chi connectivity index (χ1v) is 6.97. The first-order chi connectivity index (χ1) is 10.9. The van der Waals surface area contributed by atoms with Crippen LogP contribution in [0.1, 0.15) is 12.5 Å². The van der Waals surface area contributed by atoms with Gasteiger partial charge in [-0.05, 0) is 36.8 Å². The third-order valence-corrected chi connectivity index (χ3v) is 3.42. The Hall–Kier alpha value is -3.22. The van der Waals surface area contributed by atoms with Crippen molar-refractivity contribution in [2.75, 3.05) is 5.32 Å². The minimum Gasteiger partial charge on any atom is -0.338 e. The van der Waals surface area contributed by atoms with Crippen LogP contribution in [0.15, 0.2) is 36.4 Å². The number of aromatic nitrogens is 2. The second-order valence-corrected chi connectivity index (χ2v) is 5.28. The Kier molecular flexibility index (Phi) is 3.53. The van der Waals surface area contributed by atoms with Crippen LogP contribution in [0.4, 0.5) is 11.4 Å². The highest BCUT2D eigenvalue weighted by atomic mass is 16.6. The molecule has 3 rings (SSSR count). The molecule has 0 aliphatic rings. The highest BCUT2D eigenvalue weighted by Crippen LogP contribution is 2.30. The van der Waals surface area contributed by atoms with Crippen molar-refractivity contribution in [1.29, 1.82) is 0 Å². The fraction of sp³-hybridized carbons (Fsp3) is 0.125. The average molecular weight is 310 g/mol. The van der Waals surface area contributed by atoms with E-state index in [1.165, 1.54) is 19.1 Å². The van der Waals surface area contributed by atoms with Crippen molar-refractivity contribution in [2.24, 2.45) is 0 Å². The van der Waals surface area contributed by atoms with Crippen LogP contribution in [0.5, 0.6) is 0 Å². The van der Waals surface area contributed by atoms with Crippen molar-refractivity contribution in [1.82, 2.24) is 9.97 Å². The third kappa shape index (κ3) is 2.89. The molecule has 0 saturated heterocycles. The molecule has 0 aliphatic heterocycles. The third-order valence-electron chi connectivity index (χ3n) is 3.42. The summed E-state index contributed by atoms with van der Waals surface area (Å²) in [5, 5.41) is 13.7. The van der Waals surface area contributed by atoms with Gasteiger partial charge in [-0.2, -0.15) is 0 Å². The number of aryl methyl sites for hydroxylation is 1.